The van der Waals surface area contributed by atoms with Crippen molar-refractivity contribution in [2.75, 3.05) is 59.4 Å². The van der Waals surface area contributed by atoms with Gasteiger partial charge in [0.1, 0.15) is 0 Å². The fourth-order valence-corrected chi connectivity index (χ4v) is 3.12. The van der Waals surface area contributed by atoms with E-state index in [1.165, 1.54) is 25.9 Å². The molecule has 23 heavy (non-hydrogen) atoms. The molecule has 7 heteroatoms. The number of aliphatic imine (C=N–C) groups is 1. The third kappa shape index (κ3) is 6.45. The largest absolute Gasteiger partial charge is 0.357 e. The van der Waals surface area contributed by atoms with Crippen molar-refractivity contribution in [3.63, 3.8) is 0 Å². The van der Waals surface area contributed by atoms with E-state index in [-0.39, 0.29) is 29.9 Å². The summed E-state index contributed by atoms with van der Waals surface area (Å²) in [6.07, 6.45) is 2.50. The molecule has 0 radical (unpaired) electrons. The second-order valence-electron chi connectivity index (χ2n) is 6.43. The Morgan fingerprint density at radius 1 is 1.09 bits per heavy atom. The molecule has 0 saturated carbocycles. The molecule has 0 bridgehead atoms. The zero-order valence-corrected chi connectivity index (χ0v) is 17.1. The Morgan fingerprint density at radius 2 is 1.65 bits per heavy atom. The summed E-state index contributed by atoms with van der Waals surface area (Å²) in [5.41, 5.74) is 0. The van der Waals surface area contributed by atoms with Crippen LogP contribution in [0.25, 0.3) is 0 Å². The van der Waals surface area contributed by atoms with Crippen LogP contribution < -0.4 is 5.32 Å². The Bertz CT molecular complexity index is 388. The number of nitrogens with one attached hydrogen (secondary N) is 1. The summed E-state index contributed by atoms with van der Waals surface area (Å²) in [5.74, 6) is 1.90. The van der Waals surface area contributed by atoms with E-state index in [4.69, 9.17) is 4.99 Å². The van der Waals surface area contributed by atoms with Crippen LogP contribution in [-0.2, 0) is 4.79 Å². The smallest absolute Gasteiger partial charge is 0.219 e. The summed E-state index contributed by atoms with van der Waals surface area (Å²) < 4.78 is 0. The van der Waals surface area contributed by atoms with Crippen molar-refractivity contribution < 1.29 is 4.79 Å². The van der Waals surface area contributed by atoms with Crippen molar-refractivity contribution in [3.8, 4) is 0 Å². The van der Waals surface area contributed by atoms with Crippen LogP contribution in [0.5, 0.6) is 0 Å². The lowest BCUT2D eigenvalue weighted by Crippen LogP contribution is -2.53. The van der Waals surface area contributed by atoms with E-state index in [9.17, 15) is 4.79 Å². The molecule has 2 saturated heterocycles. The van der Waals surface area contributed by atoms with Crippen LogP contribution in [0.3, 0.4) is 0 Å². The standard InChI is InChI=1S/C16H31N5O.HI/c1-4-17-16(18-13-15-5-7-19(3)8-6-15)21-11-9-20(10-12-21)14(2)22;/h15H,4-13H2,1-3H3,(H,17,18);1H. The number of hydrogen-bond donors (Lipinski definition) is 1. The lowest BCUT2D eigenvalue weighted by atomic mass is 9.97. The van der Waals surface area contributed by atoms with Crippen LogP contribution in [0.2, 0.25) is 0 Å². The highest BCUT2D eigenvalue weighted by Gasteiger charge is 2.22. The average Bonchev–Trinajstić information content (AvgIpc) is 2.53. The van der Waals surface area contributed by atoms with Gasteiger partial charge in [0.25, 0.3) is 0 Å². The minimum Gasteiger partial charge on any atom is -0.357 e. The molecular formula is C16H32IN5O. The highest BCUT2D eigenvalue weighted by molar-refractivity contribution is 14.0. The summed E-state index contributed by atoms with van der Waals surface area (Å²) in [6, 6.07) is 0. The molecule has 0 aromatic carbocycles. The summed E-state index contributed by atoms with van der Waals surface area (Å²) in [6.45, 7) is 11.3. The first-order chi connectivity index (χ1) is 10.6. The number of likely N-dealkylation sites (tertiary alicyclic amines) is 1. The first-order valence-electron chi connectivity index (χ1n) is 8.57. The summed E-state index contributed by atoms with van der Waals surface area (Å²) >= 11 is 0. The summed E-state index contributed by atoms with van der Waals surface area (Å²) in [5, 5.41) is 3.41. The Hall–Kier alpha value is -0.570. The third-order valence-corrected chi connectivity index (χ3v) is 4.70. The molecule has 2 aliphatic rings. The number of rotatable bonds is 3. The molecule has 0 unspecified atom stereocenters. The maximum atomic E-state index is 11.4. The van der Waals surface area contributed by atoms with E-state index in [1.54, 1.807) is 6.92 Å². The molecule has 1 amide bonds. The van der Waals surface area contributed by atoms with Gasteiger partial charge in [0.15, 0.2) is 5.96 Å². The van der Waals surface area contributed by atoms with Crippen LogP contribution in [-0.4, -0.2) is 86.0 Å². The van der Waals surface area contributed by atoms with E-state index in [0.717, 1.165) is 45.2 Å². The zero-order chi connectivity index (χ0) is 15.9. The molecule has 0 atom stereocenters. The van der Waals surface area contributed by atoms with Crippen molar-refractivity contribution in [2.45, 2.75) is 26.7 Å². The fraction of sp³-hybridized carbons (Fsp3) is 0.875. The highest BCUT2D eigenvalue weighted by atomic mass is 127. The Morgan fingerprint density at radius 3 is 2.17 bits per heavy atom. The van der Waals surface area contributed by atoms with Crippen molar-refractivity contribution >= 4 is 35.8 Å². The number of nitrogens with zero attached hydrogens (tertiary/aromatic N) is 4. The maximum Gasteiger partial charge on any atom is 0.219 e. The molecule has 2 fully saturated rings. The number of carbonyl (C=O) groups is 1. The predicted molar refractivity (Wildman–Crippen MR) is 105 cm³/mol. The molecular weight excluding hydrogens is 405 g/mol. The number of guanidine groups is 1. The molecule has 1 N–H and O–H groups in total. The van der Waals surface area contributed by atoms with Gasteiger partial charge >= 0.3 is 0 Å². The maximum absolute atomic E-state index is 11.4. The molecule has 0 aliphatic carbocycles. The van der Waals surface area contributed by atoms with Crippen molar-refractivity contribution in [1.82, 2.24) is 20.0 Å². The van der Waals surface area contributed by atoms with E-state index in [0.29, 0.717) is 5.92 Å². The number of amides is 1. The second kappa shape index (κ2) is 10.3. The molecule has 0 spiro atoms. The van der Waals surface area contributed by atoms with Gasteiger partial charge in [-0.3, -0.25) is 9.79 Å². The minimum absolute atomic E-state index is 0. The third-order valence-electron chi connectivity index (χ3n) is 4.70. The van der Waals surface area contributed by atoms with Gasteiger partial charge in [0, 0.05) is 46.2 Å². The number of piperidine rings is 1. The van der Waals surface area contributed by atoms with E-state index in [2.05, 4.69) is 29.1 Å². The van der Waals surface area contributed by atoms with Gasteiger partial charge in [0.05, 0.1) is 0 Å². The highest BCUT2D eigenvalue weighted by Crippen LogP contribution is 2.16. The molecule has 6 nitrogen and oxygen atoms in total. The summed E-state index contributed by atoms with van der Waals surface area (Å²) in [4.78, 5) is 22.9. The SMILES string of the molecule is CCNC(=NCC1CCN(C)CC1)N1CCN(C(C)=O)CC1.I. The Labute approximate surface area is 157 Å². The normalized spacial score (nSPS) is 21.1. The van der Waals surface area contributed by atoms with E-state index in [1.807, 2.05) is 4.90 Å². The van der Waals surface area contributed by atoms with Crippen molar-refractivity contribution in [3.05, 3.63) is 0 Å². The van der Waals surface area contributed by atoms with Crippen molar-refractivity contribution in [2.24, 2.45) is 10.9 Å². The van der Waals surface area contributed by atoms with E-state index >= 15 is 0 Å². The van der Waals surface area contributed by atoms with Crippen LogP contribution in [0.1, 0.15) is 26.7 Å². The molecule has 134 valence electrons. The summed E-state index contributed by atoms with van der Waals surface area (Å²) in [7, 11) is 2.19. The van der Waals surface area contributed by atoms with Crippen LogP contribution in [0.15, 0.2) is 4.99 Å². The fourth-order valence-electron chi connectivity index (χ4n) is 3.12. The molecule has 2 rings (SSSR count). The van der Waals surface area contributed by atoms with Crippen LogP contribution in [0, 0.1) is 5.92 Å². The van der Waals surface area contributed by atoms with Crippen LogP contribution in [0.4, 0.5) is 0 Å². The number of piperazine rings is 1. The quantitative estimate of drug-likeness (QED) is 0.408. The Kier molecular flexibility index (Phi) is 9.19. The van der Waals surface area contributed by atoms with Gasteiger partial charge in [-0.2, -0.15) is 0 Å². The predicted octanol–water partition coefficient (Wildman–Crippen LogP) is 1.08. The lowest BCUT2D eigenvalue weighted by molar-refractivity contribution is -0.130. The van der Waals surface area contributed by atoms with E-state index < -0.39 is 0 Å². The molecule has 2 aliphatic heterocycles. The van der Waals surface area contributed by atoms with Gasteiger partial charge < -0.3 is 20.0 Å². The average molecular weight is 437 g/mol. The zero-order valence-electron chi connectivity index (χ0n) is 14.8. The first kappa shape index (κ1) is 20.5. The Balaban J connectivity index is 0.00000264. The van der Waals surface area contributed by atoms with Gasteiger partial charge in [-0.25, -0.2) is 0 Å². The van der Waals surface area contributed by atoms with Gasteiger partial charge in [-0.1, -0.05) is 0 Å². The topological polar surface area (TPSA) is 51.2 Å². The molecule has 0 aromatic rings. The lowest BCUT2D eigenvalue weighted by Gasteiger charge is -2.36. The minimum atomic E-state index is 0. The van der Waals surface area contributed by atoms with Gasteiger partial charge in [-0.05, 0) is 45.8 Å². The monoisotopic (exact) mass is 437 g/mol. The first-order valence-corrected chi connectivity index (χ1v) is 8.57. The number of carbonyl (C=O) groups excluding carboxylic acids is 1. The van der Waals surface area contributed by atoms with Gasteiger partial charge in [-0.15, -0.1) is 24.0 Å². The van der Waals surface area contributed by atoms with Crippen molar-refractivity contribution in [1.29, 1.82) is 0 Å². The molecule has 2 heterocycles. The number of halogens is 1. The second-order valence-corrected chi connectivity index (χ2v) is 6.43. The number of hydrogen-bond acceptors (Lipinski definition) is 3. The van der Waals surface area contributed by atoms with Crippen LogP contribution >= 0.6 is 24.0 Å². The molecule has 0 aromatic heterocycles. The van der Waals surface area contributed by atoms with Gasteiger partial charge in [0.2, 0.25) is 5.91 Å².